The molecule has 3 aromatic rings. The van der Waals surface area contributed by atoms with Gasteiger partial charge in [-0.3, -0.25) is 9.48 Å². The monoisotopic (exact) mass is 628 g/mol. The van der Waals surface area contributed by atoms with Crippen molar-refractivity contribution in [3.05, 3.63) is 87.8 Å². The minimum absolute atomic E-state index is 0.118. The molecule has 5 rings (SSSR count). The number of hydrogen-bond donors (Lipinski definition) is 2. The number of hydrogen-bond acceptors (Lipinski definition) is 6. The van der Waals surface area contributed by atoms with E-state index >= 15 is 0 Å². The molecule has 1 amide bonds. The number of nitrogens with zero attached hydrogens (tertiary/aromatic N) is 4. The lowest BCUT2D eigenvalue weighted by molar-refractivity contribution is -0.146. The molecule has 1 aromatic heterocycles. The van der Waals surface area contributed by atoms with Gasteiger partial charge in [0.2, 0.25) is 0 Å². The molecule has 1 saturated heterocycles. The van der Waals surface area contributed by atoms with E-state index in [1.165, 1.54) is 0 Å². The summed E-state index contributed by atoms with van der Waals surface area (Å²) in [6.45, 7) is 10.2. The van der Waals surface area contributed by atoms with Crippen LogP contribution in [-0.4, -0.2) is 49.4 Å². The number of aliphatic hydroxyl groups is 2. The zero-order valence-electron chi connectivity index (χ0n) is 21.8. The van der Waals surface area contributed by atoms with Gasteiger partial charge in [0.15, 0.2) is 5.60 Å². The zero-order valence-corrected chi connectivity index (χ0v) is 23.9. The van der Waals surface area contributed by atoms with Crippen LogP contribution in [-0.2, 0) is 21.7 Å². The van der Waals surface area contributed by atoms with Crippen LogP contribution in [0, 0.1) is 15.4 Å². The maximum atomic E-state index is 14.0. The molecule has 38 heavy (non-hydrogen) atoms. The normalized spacial score (nSPS) is 25.7. The van der Waals surface area contributed by atoms with Crippen molar-refractivity contribution >= 4 is 34.2 Å². The molecule has 0 radical (unpaired) electrons. The lowest BCUT2D eigenvalue weighted by Gasteiger charge is -2.34. The Balaban J connectivity index is 1.43. The summed E-state index contributed by atoms with van der Waals surface area (Å²) in [6.07, 6.45) is 2.69. The van der Waals surface area contributed by atoms with Crippen LogP contribution < -0.4 is 4.90 Å². The number of ether oxygens (including phenoxy) is 1. The summed E-state index contributed by atoms with van der Waals surface area (Å²) in [6, 6.07) is 15.3. The van der Waals surface area contributed by atoms with Crippen LogP contribution in [0.3, 0.4) is 0 Å². The average molecular weight is 629 g/mol. The molecule has 1 fully saturated rings. The van der Waals surface area contributed by atoms with Crippen molar-refractivity contribution in [2.75, 3.05) is 11.4 Å². The van der Waals surface area contributed by atoms with Gasteiger partial charge in [-0.2, -0.15) is 0 Å². The van der Waals surface area contributed by atoms with Gasteiger partial charge in [-0.25, -0.2) is 0 Å². The van der Waals surface area contributed by atoms with Crippen LogP contribution >= 0.6 is 22.6 Å². The second-order valence-electron chi connectivity index (χ2n) is 10.7. The maximum Gasteiger partial charge on any atom is 0.264 e. The summed E-state index contributed by atoms with van der Waals surface area (Å²) in [5.41, 5.74) is 0.600. The Labute approximate surface area is 236 Å². The Kier molecular flexibility index (Phi) is 7.23. The first-order valence-electron chi connectivity index (χ1n) is 12.8. The molecular formula is C29H33IN4O4. The Morgan fingerprint density at radius 3 is 2.68 bits per heavy atom. The lowest BCUT2D eigenvalue weighted by Crippen LogP contribution is -2.46. The van der Waals surface area contributed by atoms with E-state index in [1.807, 2.05) is 55.5 Å². The van der Waals surface area contributed by atoms with Crippen LogP contribution in [0.2, 0.25) is 0 Å². The minimum atomic E-state index is -1.19. The number of fused-ring (bicyclic) bond motifs is 2. The first-order valence-corrected chi connectivity index (χ1v) is 13.9. The highest BCUT2D eigenvalue weighted by Gasteiger charge is 2.65. The van der Waals surface area contributed by atoms with E-state index in [-0.39, 0.29) is 17.7 Å². The molecule has 3 heterocycles. The zero-order chi connectivity index (χ0) is 27.2. The van der Waals surface area contributed by atoms with Gasteiger partial charge in [-0.15, -0.1) is 11.7 Å². The van der Waals surface area contributed by atoms with Gasteiger partial charge in [0, 0.05) is 34.1 Å². The number of aryl methyl sites for hydroxylation is 1. The fourth-order valence-electron chi connectivity index (χ4n) is 6.24. The maximum absolute atomic E-state index is 14.0. The fraction of sp³-hybridized carbons (Fsp3) is 0.414. The van der Waals surface area contributed by atoms with Crippen molar-refractivity contribution in [3.8, 4) is 0 Å². The quantitative estimate of drug-likeness (QED) is 0.287. The number of carbonyl (C=O) groups is 1. The molecule has 1 spiro atoms. The van der Waals surface area contributed by atoms with Gasteiger partial charge < -0.3 is 19.8 Å². The van der Waals surface area contributed by atoms with Gasteiger partial charge in [0.25, 0.3) is 5.91 Å². The summed E-state index contributed by atoms with van der Waals surface area (Å²) < 4.78 is 9.47. The molecule has 2 aliphatic heterocycles. The molecular weight excluding hydrogens is 595 g/mol. The first kappa shape index (κ1) is 27.0. The molecule has 0 bridgehead atoms. The average Bonchev–Trinajstić information content (AvgIpc) is 3.54. The van der Waals surface area contributed by atoms with Crippen LogP contribution in [0.15, 0.2) is 67.4 Å². The number of rotatable bonds is 8. The molecule has 9 heteroatoms. The Morgan fingerprint density at radius 2 is 2.00 bits per heavy atom. The van der Waals surface area contributed by atoms with Crippen molar-refractivity contribution in [1.29, 1.82) is 0 Å². The summed E-state index contributed by atoms with van der Waals surface area (Å²) in [7, 11) is 0. The number of aliphatic hydroxyl groups excluding tert-OH is 1. The third kappa shape index (κ3) is 4.49. The molecule has 0 unspecified atom stereocenters. The molecule has 2 N–H and O–H groups in total. The topological polar surface area (TPSA) is 101 Å². The Morgan fingerprint density at radius 1 is 1.26 bits per heavy atom. The van der Waals surface area contributed by atoms with E-state index in [4.69, 9.17) is 4.74 Å². The van der Waals surface area contributed by atoms with Crippen molar-refractivity contribution < 1.29 is 19.7 Å². The lowest BCUT2D eigenvalue weighted by atomic mass is 9.71. The van der Waals surface area contributed by atoms with Crippen LogP contribution in [0.1, 0.15) is 50.1 Å². The highest BCUT2D eigenvalue weighted by molar-refractivity contribution is 14.1. The van der Waals surface area contributed by atoms with Crippen LogP contribution in [0.4, 0.5) is 5.69 Å². The molecule has 8 nitrogen and oxygen atoms in total. The summed E-state index contributed by atoms with van der Waals surface area (Å²) in [5.74, 6) is -0.704. The smallest absolute Gasteiger partial charge is 0.264 e. The highest BCUT2D eigenvalue weighted by atomic mass is 127. The predicted molar refractivity (Wildman–Crippen MR) is 152 cm³/mol. The van der Waals surface area contributed by atoms with E-state index in [9.17, 15) is 15.0 Å². The summed E-state index contributed by atoms with van der Waals surface area (Å²) in [5, 5.41) is 30.4. The van der Waals surface area contributed by atoms with E-state index in [2.05, 4.69) is 39.5 Å². The van der Waals surface area contributed by atoms with Gasteiger partial charge in [0.1, 0.15) is 11.8 Å². The number of benzene rings is 2. The standard InChI is InChI=1S/C29H33IN4O4/c1-5-14-34-23-12-11-20(30)16-21(23)29(27(34)36)18(2)25(28(3,4)37)24(38-29)13-15-33-17-22(31-32-33)26(35)19-9-7-6-8-10-19/h5-12,16-18,24-26,35,37H,1,13-15H2,2-4H3/t18-,24+,25-,26+,29+/m0/s1. The fourth-order valence-corrected chi connectivity index (χ4v) is 6.73. The summed E-state index contributed by atoms with van der Waals surface area (Å²) >= 11 is 2.25. The van der Waals surface area contributed by atoms with E-state index < -0.39 is 23.4 Å². The third-order valence-corrected chi connectivity index (χ3v) is 8.52. The summed E-state index contributed by atoms with van der Waals surface area (Å²) in [4.78, 5) is 15.7. The second kappa shape index (κ2) is 10.2. The predicted octanol–water partition coefficient (Wildman–Crippen LogP) is 4.20. The largest absolute Gasteiger partial charge is 0.390 e. The molecule has 2 aromatic carbocycles. The number of amides is 1. The third-order valence-electron chi connectivity index (χ3n) is 7.85. The molecule has 2 aliphatic rings. The number of anilines is 1. The second-order valence-corrected chi connectivity index (χ2v) is 12.0. The van der Waals surface area contributed by atoms with Gasteiger partial charge in [-0.1, -0.05) is 48.5 Å². The first-order chi connectivity index (χ1) is 18.1. The van der Waals surface area contributed by atoms with E-state index in [0.29, 0.717) is 25.2 Å². The molecule has 0 saturated carbocycles. The van der Waals surface area contributed by atoms with Crippen molar-refractivity contribution in [3.63, 3.8) is 0 Å². The number of aromatic nitrogens is 3. The SMILES string of the molecule is C=CCN1C(=O)[C@]2(O[C@H](CCn3cc([C@H](O)c4ccccc4)nn3)[C@@H](C(C)(C)O)[C@@H]2C)c2cc(I)ccc21. The van der Waals surface area contributed by atoms with Gasteiger partial charge >= 0.3 is 0 Å². The van der Waals surface area contributed by atoms with Gasteiger partial charge in [0.05, 0.1) is 23.6 Å². The van der Waals surface area contributed by atoms with Crippen molar-refractivity contribution in [2.45, 2.75) is 57.1 Å². The molecule has 5 atom stereocenters. The Hall–Kier alpha value is -2.60. The van der Waals surface area contributed by atoms with E-state index in [0.717, 1.165) is 20.4 Å². The minimum Gasteiger partial charge on any atom is -0.390 e. The molecule has 0 aliphatic carbocycles. The highest BCUT2D eigenvalue weighted by Crippen LogP contribution is 2.57. The number of carbonyl (C=O) groups excluding carboxylic acids is 1. The molecule has 200 valence electrons. The Bertz CT molecular complexity index is 1340. The van der Waals surface area contributed by atoms with Gasteiger partial charge in [-0.05, 0) is 66.6 Å². The number of halogens is 1. The van der Waals surface area contributed by atoms with Crippen molar-refractivity contribution in [1.82, 2.24) is 15.0 Å². The van der Waals surface area contributed by atoms with Crippen LogP contribution in [0.25, 0.3) is 0 Å². The van der Waals surface area contributed by atoms with Crippen molar-refractivity contribution in [2.24, 2.45) is 11.8 Å². The van der Waals surface area contributed by atoms with Crippen LogP contribution in [0.5, 0.6) is 0 Å². The van der Waals surface area contributed by atoms with E-state index in [1.54, 1.807) is 35.7 Å².